The Bertz CT molecular complexity index is 972. The number of carbonyl (C=O) groups excluding carboxylic acids is 3. The molecule has 1 atom stereocenters. The molecule has 2 saturated heterocycles. The van der Waals surface area contributed by atoms with Crippen molar-refractivity contribution in [3.8, 4) is 0 Å². The van der Waals surface area contributed by atoms with E-state index in [1.54, 1.807) is 22.8 Å². The molecule has 3 amide bonds. The molecular weight excluding hydrogens is 386 g/mol. The molecule has 0 bridgehead atoms. The smallest absolute Gasteiger partial charge is 0.275 e. The van der Waals surface area contributed by atoms with E-state index in [1.165, 1.54) is 6.26 Å². The summed E-state index contributed by atoms with van der Waals surface area (Å²) in [4.78, 5) is 47.1. The molecule has 1 N–H and O–H groups in total. The van der Waals surface area contributed by atoms with Gasteiger partial charge in [0.15, 0.2) is 11.6 Å². The summed E-state index contributed by atoms with van der Waals surface area (Å²) in [6, 6.07) is 6.81. The lowest BCUT2D eigenvalue weighted by molar-refractivity contribution is -0.122. The van der Waals surface area contributed by atoms with Crippen molar-refractivity contribution in [2.45, 2.75) is 25.8 Å². The van der Waals surface area contributed by atoms with Gasteiger partial charge in [-0.15, -0.1) is 0 Å². The van der Waals surface area contributed by atoms with Crippen LogP contribution in [0.15, 0.2) is 34.9 Å². The van der Waals surface area contributed by atoms with Gasteiger partial charge in [0, 0.05) is 50.9 Å². The maximum Gasteiger partial charge on any atom is 0.275 e. The fourth-order valence-electron chi connectivity index (χ4n) is 3.86. The van der Waals surface area contributed by atoms with E-state index in [0.29, 0.717) is 37.6 Å². The summed E-state index contributed by atoms with van der Waals surface area (Å²) in [6.45, 7) is 3.72. The Balaban J connectivity index is 1.44. The third kappa shape index (κ3) is 4.06. The largest absolute Gasteiger partial charge is 0.448 e. The highest BCUT2D eigenvalue weighted by Crippen LogP contribution is 2.24. The van der Waals surface area contributed by atoms with Crippen LogP contribution in [-0.4, -0.2) is 71.8 Å². The van der Waals surface area contributed by atoms with Crippen molar-refractivity contribution in [1.82, 2.24) is 14.8 Å². The number of nitrogens with one attached hydrogen (secondary N) is 1. The van der Waals surface area contributed by atoms with Gasteiger partial charge in [0.2, 0.25) is 11.8 Å². The number of anilines is 2. The van der Waals surface area contributed by atoms with Gasteiger partial charge in [0.25, 0.3) is 5.91 Å². The third-order valence-electron chi connectivity index (χ3n) is 5.57. The van der Waals surface area contributed by atoms with Crippen LogP contribution in [0.2, 0.25) is 0 Å². The SMILES string of the molecule is Cc1nc(C(=O)N2CCN(C)[C@H](C(=O)Nc3cccc(N4CCCC4=O)c3)C2)co1. The summed E-state index contributed by atoms with van der Waals surface area (Å²) < 4.78 is 5.14. The van der Waals surface area contributed by atoms with Gasteiger partial charge in [-0.05, 0) is 31.7 Å². The summed E-state index contributed by atoms with van der Waals surface area (Å²) in [7, 11) is 1.87. The van der Waals surface area contributed by atoms with Crippen molar-refractivity contribution in [1.29, 1.82) is 0 Å². The minimum Gasteiger partial charge on any atom is -0.448 e. The van der Waals surface area contributed by atoms with E-state index in [-0.39, 0.29) is 30.0 Å². The van der Waals surface area contributed by atoms with Gasteiger partial charge in [-0.3, -0.25) is 19.3 Å². The fourth-order valence-corrected chi connectivity index (χ4v) is 3.86. The van der Waals surface area contributed by atoms with Gasteiger partial charge >= 0.3 is 0 Å². The number of hydrogen-bond donors (Lipinski definition) is 1. The van der Waals surface area contributed by atoms with Crippen LogP contribution in [-0.2, 0) is 9.59 Å². The molecule has 3 heterocycles. The zero-order valence-corrected chi connectivity index (χ0v) is 17.1. The third-order valence-corrected chi connectivity index (χ3v) is 5.57. The number of oxazole rings is 1. The molecule has 2 aliphatic heterocycles. The van der Waals surface area contributed by atoms with Gasteiger partial charge in [0.1, 0.15) is 12.3 Å². The molecule has 9 heteroatoms. The predicted octanol–water partition coefficient (Wildman–Crippen LogP) is 1.50. The topological polar surface area (TPSA) is 99.0 Å². The second-order valence-electron chi connectivity index (χ2n) is 7.69. The number of nitrogens with zero attached hydrogens (tertiary/aromatic N) is 4. The first-order valence-electron chi connectivity index (χ1n) is 10.1. The number of piperazine rings is 1. The highest BCUT2D eigenvalue weighted by molar-refractivity contribution is 5.99. The Hall–Kier alpha value is -3.20. The molecule has 9 nitrogen and oxygen atoms in total. The first-order valence-corrected chi connectivity index (χ1v) is 10.1. The Labute approximate surface area is 174 Å². The van der Waals surface area contributed by atoms with Crippen molar-refractivity contribution >= 4 is 29.1 Å². The van der Waals surface area contributed by atoms with Crippen molar-refractivity contribution in [2.75, 3.05) is 43.4 Å². The number of hydrogen-bond acceptors (Lipinski definition) is 6. The summed E-state index contributed by atoms with van der Waals surface area (Å²) in [5.74, 6) is 0.0874. The van der Waals surface area contributed by atoms with E-state index >= 15 is 0 Å². The van der Waals surface area contributed by atoms with Crippen molar-refractivity contribution in [3.63, 3.8) is 0 Å². The van der Waals surface area contributed by atoms with Crippen LogP contribution in [0.3, 0.4) is 0 Å². The Morgan fingerprint density at radius 3 is 2.77 bits per heavy atom. The second kappa shape index (κ2) is 8.27. The van der Waals surface area contributed by atoms with E-state index < -0.39 is 6.04 Å². The van der Waals surface area contributed by atoms with E-state index in [1.807, 2.05) is 30.1 Å². The Morgan fingerprint density at radius 2 is 2.07 bits per heavy atom. The molecule has 1 aromatic carbocycles. The summed E-state index contributed by atoms with van der Waals surface area (Å²) >= 11 is 0. The number of carbonyl (C=O) groups is 3. The summed E-state index contributed by atoms with van der Waals surface area (Å²) in [6.07, 6.45) is 2.74. The molecule has 0 saturated carbocycles. The zero-order chi connectivity index (χ0) is 21.3. The maximum absolute atomic E-state index is 13.0. The van der Waals surface area contributed by atoms with E-state index in [0.717, 1.165) is 12.1 Å². The van der Waals surface area contributed by atoms with Gasteiger partial charge in [-0.25, -0.2) is 4.98 Å². The van der Waals surface area contributed by atoms with E-state index in [9.17, 15) is 14.4 Å². The monoisotopic (exact) mass is 411 g/mol. The number of benzene rings is 1. The lowest BCUT2D eigenvalue weighted by Crippen LogP contribution is -2.57. The molecule has 2 aromatic rings. The quantitative estimate of drug-likeness (QED) is 0.819. The predicted molar refractivity (Wildman–Crippen MR) is 110 cm³/mol. The average molecular weight is 411 g/mol. The fraction of sp³-hybridized carbons (Fsp3) is 0.429. The summed E-state index contributed by atoms with van der Waals surface area (Å²) in [5, 5.41) is 2.93. The first kappa shape index (κ1) is 20.1. The molecule has 1 aromatic heterocycles. The van der Waals surface area contributed by atoms with Crippen LogP contribution < -0.4 is 10.2 Å². The van der Waals surface area contributed by atoms with Crippen molar-refractivity contribution in [3.05, 3.63) is 42.1 Å². The van der Waals surface area contributed by atoms with Crippen LogP contribution in [0, 0.1) is 6.92 Å². The first-order chi connectivity index (χ1) is 14.4. The number of aryl methyl sites for hydroxylation is 1. The number of amides is 3. The number of rotatable bonds is 4. The molecule has 0 aliphatic carbocycles. The Morgan fingerprint density at radius 1 is 1.23 bits per heavy atom. The van der Waals surface area contributed by atoms with Gasteiger partial charge in [0.05, 0.1) is 0 Å². The minimum absolute atomic E-state index is 0.0998. The Kier molecular flexibility index (Phi) is 5.54. The molecule has 2 fully saturated rings. The molecule has 0 spiro atoms. The zero-order valence-electron chi connectivity index (χ0n) is 17.1. The lowest BCUT2D eigenvalue weighted by atomic mass is 10.1. The molecule has 2 aliphatic rings. The average Bonchev–Trinajstić information content (AvgIpc) is 3.36. The van der Waals surface area contributed by atoms with Crippen molar-refractivity contribution in [2.24, 2.45) is 0 Å². The van der Waals surface area contributed by atoms with E-state index in [4.69, 9.17) is 4.42 Å². The van der Waals surface area contributed by atoms with E-state index in [2.05, 4.69) is 10.3 Å². The van der Waals surface area contributed by atoms with Crippen LogP contribution in [0.25, 0.3) is 0 Å². The number of aromatic nitrogens is 1. The minimum atomic E-state index is -0.493. The highest BCUT2D eigenvalue weighted by atomic mass is 16.3. The van der Waals surface area contributed by atoms with Gasteiger partial charge < -0.3 is 19.5 Å². The molecule has 0 radical (unpaired) electrons. The standard InChI is InChI=1S/C21H25N5O4/c1-14-22-17(13-30-14)21(29)25-10-9-24(2)18(12-25)20(28)23-15-5-3-6-16(11-15)26-8-4-7-19(26)27/h3,5-6,11,13,18H,4,7-10,12H2,1-2H3,(H,23,28)/t18-/m0/s1. The normalized spacial score (nSPS) is 19.9. The second-order valence-corrected chi connectivity index (χ2v) is 7.69. The van der Waals surface area contributed by atoms with Crippen molar-refractivity contribution < 1.29 is 18.8 Å². The maximum atomic E-state index is 13.0. The van der Waals surface area contributed by atoms with Gasteiger partial charge in [-0.1, -0.05) is 6.07 Å². The molecular formula is C21H25N5O4. The molecule has 4 rings (SSSR count). The molecule has 30 heavy (non-hydrogen) atoms. The summed E-state index contributed by atoms with van der Waals surface area (Å²) in [5.41, 5.74) is 1.66. The molecule has 158 valence electrons. The van der Waals surface area contributed by atoms with Crippen LogP contribution in [0.4, 0.5) is 11.4 Å². The lowest BCUT2D eigenvalue weighted by Gasteiger charge is -2.38. The van der Waals surface area contributed by atoms with Crippen LogP contribution in [0.5, 0.6) is 0 Å². The number of likely N-dealkylation sites (N-methyl/N-ethyl adjacent to an activating group) is 1. The van der Waals surface area contributed by atoms with Crippen LogP contribution in [0.1, 0.15) is 29.2 Å². The van der Waals surface area contributed by atoms with Gasteiger partial charge in [-0.2, -0.15) is 0 Å². The highest BCUT2D eigenvalue weighted by Gasteiger charge is 2.33. The molecule has 0 unspecified atom stereocenters. The van der Waals surface area contributed by atoms with Crippen LogP contribution >= 0.6 is 0 Å².